The molecule has 5 aromatic carbocycles. The van der Waals surface area contributed by atoms with Crippen LogP contribution in [0.25, 0.3) is 23.3 Å². The molecule has 4 heterocycles. The molecule has 1 saturated heterocycles. The molecule has 2 spiro atoms. The van der Waals surface area contributed by atoms with Crippen molar-refractivity contribution < 1.29 is 14.4 Å². The summed E-state index contributed by atoms with van der Waals surface area (Å²) in [7, 11) is 0. The Morgan fingerprint density at radius 2 is 1.36 bits per heavy atom. The smallest absolute Gasteiger partial charge is 0.270 e. The summed E-state index contributed by atoms with van der Waals surface area (Å²) >= 11 is 0. The van der Waals surface area contributed by atoms with Crippen molar-refractivity contribution in [2.45, 2.75) is 70.1 Å². The summed E-state index contributed by atoms with van der Waals surface area (Å²) in [5, 5.41) is 11.5. The Morgan fingerprint density at radius 3 is 2.07 bits per heavy atom. The van der Waals surface area contributed by atoms with Crippen molar-refractivity contribution in [1.29, 1.82) is 0 Å². The molecule has 8 heteroatoms. The Bertz CT molecular complexity index is 2620. The number of benzene rings is 5. The Hall–Kier alpha value is -6.38. The van der Waals surface area contributed by atoms with Gasteiger partial charge in [0.15, 0.2) is 5.72 Å². The number of nitro benzene ring substituents is 1. The van der Waals surface area contributed by atoms with E-state index < -0.39 is 16.9 Å². The summed E-state index contributed by atoms with van der Waals surface area (Å²) in [6.45, 7) is 10.4. The van der Waals surface area contributed by atoms with Gasteiger partial charge in [0.25, 0.3) is 5.69 Å². The summed E-state index contributed by atoms with van der Waals surface area (Å²) in [6.07, 6.45) is 16.2. The highest BCUT2D eigenvalue weighted by molar-refractivity contribution is 5.74. The van der Waals surface area contributed by atoms with Crippen LogP contribution >= 0.6 is 0 Å². The van der Waals surface area contributed by atoms with Gasteiger partial charge in [-0.15, -0.1) is 0 Å². The molecule has 8 nitrogen and oxygen atoms in total. The van der Waals surface area contributed by atoms with Crippen LogP contribution < -0.4 is 20.1 Å². The highest BCUT2D eigenvalue weighted by Gasteiger charge is 2.62. The lowest BCUT2D eigenvalue weighted by molar-refractivity contribution is -0.384. The highest BCUT2D eigenvalue weighted by Crippen LogP contribution is 2.58. The third-order valence-electron chi connectivity index (χ3n) is 13.4. The summed E-state index contributed by atoms with van der Waals surface area (Å²) in [6, 6.07) is 37.1. The van der Waals surface area contributed by atoms with Gasteiger partial charge in [-0.1, -0.05) is 98.8 Å². The maximum atomic E-state index is 11.5. The van der Waals surface area contributed by atoms with Crippen LogP contribution in [0.5, 0.6) is 11.5 Å². The number of fused-ring (bicyclic) bond motifs is 4. The molecular weight excluding hydrogens is 721 g/mol. The van der Waals surface area contributed by atoms with Crippen molar-refractivity contribution >= 4 is 29.2 Å². The number of ether oxygens (including phenoxy) is 2. The van der Waals surface area contributed by atoms with Gasteiger partial charge >= 0.3 is 0 Å². The summed E-state index contributed by atoms with van der Waals surface area (Å²) in [5.41, 5.74) is 14.8. The average molecular weight is 767 g/mol. The molecule has 290 valence electrons. The molecule has 58 heavy (non-hydrogen) atoms. The second-order valence-electron chi connectivity index (χ2n) is 17.2. The molecule has 1 fully saturated rings. The molecule has 2 N–H and O–H groups in total. The van der Waals surface area contributed by atoms with Crippen LogP contribution in [0.4, 0.5) is 17.1 Å². The first-order chi connectivity index (χ1) is 27.9. The van der Waals surface area contributed by atoms with Crippen LogP contribution in [0.15, 0.2) is 145 Å². The number of para-hydroxylation sites is 1. The molecule has 3 atom stereocenters. The van der Waals surface area contributed by atoms with E-state index >= 15 is 0 Å². The van der Waals surface area contributed by atoms with Gasteiger partial charge in [-0.3, -0.25) is 15.0 Å². The van der Waals surface area contributed by atoms with E-state index in [1.54, 1.807) is 12.1 Å². The molecular formula is C50H46N4O4. The Labute approximate surface area is 339 Å². The van der Waals surface area contributed by atoms with E-state index in [0.29, 0.717) is 17.9 Å². The predicted octanol–water partition coefficient (Wildman–Crippen LogP) is 10.8. The van der Waals surface area contributed by atoms with Gasteiger partial charge in [0.2, 0.25) is 5.72 Å². The molecule has 4 aliphatic heterocycles. The van der Waals surface area contributed by atoms with Gasteiger partial charge in [0.05, 0.1) is 10.3 Å². The van der Waals surface area contributed by atoms with E-state index in [1.165, 1.54) is 22.8 Å². The van der Waals surface area contributed by atoms with Gasteiger partial charge in [0.1, 0.15) is 11.5 Å². The molecule has 1 aliphatic carbocycles. The number of nitrogens with two attached hydrogens (primary N) is 1. The number of rotatable bonds is 6. The minimum Gasteiger partial charge on any atom is -0.467 e. The molecule has 0 saturated carbocycles. The summed E-state index contributed by atoms with van der Waals surface area (Å²) < 4.78 is 14.0. The first-order valence-corrected chi connectivity index (χ1v) is 20.0. The molecule has 0 amide bonds. The van der Waals surface area contributed by atoms with E-state index in [4.69, 9.17) is 15.2 Å². The van der Waals surface area contributed by atoms with Crippen LogP contribution in [-0.2, 0) is 18.5 Å². The maximum Gasteiger partial charge on any atom is 0.270 e. The van der Waals surface area contributed by atoms with Crippen LogP contribution in [0.2, 0.25) is 0 Å². The van der Waals surface area contributed by atoms with Crippen LogP contribution in [0.3, 0.4) is 0 Å². The Morgan fingerprint density at radius 1 is 0.741 bits per heavy atom. The van der Waals surface area contributed by atoms with E-state index in [-0.39, 0.29) is 22.1 Å². The lowest BCUT2D eigenvalue weighted by atomic mass is 9.74. The minimum absolute atomic E-state index is 0.0465. The first kappa shape index (κ1) is 36.0. The van der Waals surface area contributed by atoms with Gasteiger partial charge in [-0.2, -0.15) is 0 Å². The number of non-ortho nitro benzene ring substituents is 1. The first-order valence-electron chi connectivity index (χ1n) is 20.0. The van der Waals surface area contributed by atoms with Crippen molar-refractivity contribution in [3.05, 3.63) is 183 Å². The number of anilines is 2. The number of likely N-dealkylation sites (tertiary alicyclic amines) is 1. The predicted molar refractivity (Wildman–Crippen MR) is 231 cm³/mol. The molecule has 3 unspecified atom stereocenters. The lowest BCUT2D eigenvalue weighted by Gasteiger charge is -2.47. The topological polar surface area (TPSA) is 94.1 Å². The van der Waals surface area contributed by atoms with Crippen LogP contribution in [0, 0.1) is 15.5 Å². The fourth-order valence-electron chi connectivity index (χ4n) is 10.1. The van der Waals surface area contributed by atoms with Gasteiger partial charge in [-0.25, -0.2) is 0 Å². The third-order valence-corrected chi connectivity index (χ3v) is 13.4. The van der Waals surface area contributed by atoms with Gasteiger partial charge in [0, 0.05) is 59.2 Å². The standard InChI is InChI=1S/C50H46N4O4/c1-47(2)41-9-5-7-11-43(41)52(49(47)27-25-37-29-39(51)21-23-45(37)57-49)31-33-13-17-35(18-14-33)36-19-15-34(16-20-36)32-53-44-12-8-6-10-42(44)48(3,4)50(53)28-26-38-30-40(54(55)56)22-24-46(38)58-50/h5-10,12-30,43H,11,31-32,51H2,1-4H3. The molecule has 0 aromatic heterocycles. The van der Waals surface area contributed by atoms with E-state index in [0.717, 1.165) is 52.3 Å². The van der Waals surface area contributed by atoms with Gasteiger partial charge in [-0.05, 0) is 108 Å². The second kappa shape index (κ2) is 12.8. The second-order valence-corrected chi connectivity index (χ2v) is 17.2. The third kappa shape index (κ3) is 5.24. The molecule has 5 aliphatic rings. The summed E-state index contributed by atoms with van der Waals surface area (Å²) in [4.78, 5) is 16.0. The van der Waals surface area contributed by atoms with Gasteiger partial charge < -0.3 is 20.1 Å². The highest BCUT2D eigenvalue weighted by atomic mass is 16.6. The Balaban J connectivity index is 0.911. The number of nitrogen functional groups attached to an aromatic ring is 1. The number of nitro groups is 1. The Kier molecular flexibility index (Phi) is 7.95. The van der Waals surface area contributed by atoms with E-state index in [2.05, 4.69) is 147 Å². The molecule has 10 rings (SSSR count). The fourth-order valence-corrected chi connectivity index (χ4v) is 10.1. The largest absolute Gasteiger partial charge is 0.467 e. The normalized spacial score (nSPS) is 24.1. The molecule has 0 radical (unpaired) electrons. The van der Waals surface area contributed by atoms with Crippen molar-refractivity contribution in [3.8, 4) is 22.6 Å². The number of hydrogen-bond acceptors (Lipinski definition) is 7. The van der Waals surface area contributed by atoms with Crippen LogP contribution in [0.1, 0.15) is 61.9 Å². The SMILES string of the molecule is CC1(C)C2=CC=CCC2N(Cc2ccc(-c3ccc(CN4c5ccccc5C(C)(C)C45C=Cc4cc([N+](=O)[O-])ccc4O5)cc3)cc2)C12C=Cc1cc(N)ccc1O2. The number of nitrogens with zero attached hydrogens (tertiary/aromatic N) is 3. The zero-order valence-electron chi connectivity index (χ0n) is 33.2. The fraction of sp³-hybridized carbons (Fsp3) is 0.240. The minimum atomic E-state index is -0.836. The quantitative estimate of drug-likeness (QED) is 0.104. The van der Waals surface area contributed by atoms with Crippen molar-refractivity contribution in [1.82, 2.24) is 4.90 Å². The van der Waals surface area contributed by atoms with Crippen molar-refractivity contribution in [2.24, 2.45) is 5.41 Å². The van der Waals surface area contributed by atoms with Crippen molar-refractivity contribution in [2.75, 3.05) is 10.6 Å². The zero-order valence-corrected chi connectivity index (χ0v) is 33.2. The number of hydrogen-bond donors (Lipinski definition) is 1. The van der Waals surface area contributed by atoms with Crippen molar-refractivity contribution in [3.63, 3.8) is 0 Å². The van der Waals surface area contributed by atoms with E-state index in [1.807, 2.05) is 24.3 Å². The van der Waals surface area contributed by atoms with E-state index in [9.17, 15) is 10.1 Å². The summed E-state index contributed by atoms with van der Waals surface area (Å²) in [5.74, 6) is 1.49. The molecule has 5 aromatic rings. The average Bonchev–Trinajstić information content (AvgIpc) is 3.51. The zero-order chi connectivity index (χ0) is 40.0. The number of allylic oxidation sites excluding steroid dienone is 2. The molecule has 0 bridgehead atoms. The monoisotopic (exact) mass is 766 g/mol. The lowest BCUT2D eigenvalue weighted by Crippen LogP contribution is -2.59. The maximum absolute atomic E-state index is 11.5. The van der Waals surface area contributed by atoms with Crippen LogP contribution in [-0.4, -0.2) is 27.3 Å².